The fourth-order valence-electron chi connectivity index (χ4n) is 1.40. The molecule has 1 aromatic rings. The summed E-state index contributed by atoms with van der Waals surface area (Å²) in [6.07, 6.45) is 0.0691. The van der Waals surface area contributed by atoms with Crippen molar-refractivity contribution in [2.75, 3.05) is 19.7 Å². The standard InChI is InChI=1S/C7H11N5O2/c1-5-4-12(2-3-14-5)7(13)6-8-10-11-9-6/h5H,2-4H2,1H3,(H,8,9,10,11). The lowest BCUT2D eigenvalue weighted by atomic mass is 10.3. The summed E-state index contributed by atoms with van der Waals surface area (Å²) in [6, 6.07) is 0. The summed E-state index contributed by atoms with van der Waals surface area (Å²) in [5.74, 6) is -0.0898. The second-order valence-corrected chi connectivity index (χ2v) is 3.17. The highest BCUT2D eigenvalue weighted by molar-refractivity contribution is 5.90. The maximum atomic E-state index is 11.7. The van der Waals surface area contributed by atoms with Gasteiger partial charge in [-0.3, -0.25) is 4.79 Å². The number of rotatable bonds is 1. The van der Waals surface area contributed by atoms with Crippen LogP contribution < -0.4 is 0 Å². The number of hydrogen-bond donors (Lipinski definition) is 1. The van der Waals surface area contributed by atoms with E-state index >= 15 is 0 Å². The maximum absolute atomic E-state index is 11.7. The second kappa shape index (κ2) is 3.70. The highest BCUT2D eigenvalue weighted by atomic mass is 16.5. The molecule has 1 N–H and O–H groups in total. The summed E-state index contributed by atoms with van der Waals surface area (Å²) in [4.78, 5) is 13.4. The molecule has 76 valence electrons. The number of aromatic amines is 1. The van der Waals surface area contributed by atoms with Crippen LogP contribution in [0.15, 0.2) is 0 Å². The van der Waals surface area contributed by atoms with Gasteiger partial charge >= 0.3 is 0 Å². The molecule has 1 atom stereocenters. The molecular weight excluding hydrogens is 186 g/mol. The molecule has 1 aliphatic heterocycles. The van der Waals surface area contributed by atoms with Crippen molar-refractivity contribution >= 4 is 5.91 Å². The van der Waals surface area contributed by atoms with Crippen LogP contribution in [-0.4, -0.2) is 57.2 Å². The third kappa shape index (κ3) is 1.72. The number of ether oxygens (including phenoxy) is 1. The van der Waals surface area contributed by atoms with Gasteiger partial charge in [-0.15, -0.1) is 10.2 Å². The fraction of sp³-hybridized carbons (Fsp3) is 0.714. The Morgan fingerprint density at radius 3 is 3.21 bits per heavy atom. The summed E-state index contributed by atoms with van der Waals surface area (Å²) >= 11 is 0. The van der Waals surface area contributed by atoms with Gasteiger partial charge in [0.05, 0.1) is 12.7 Å². The van der Waals surface area contributed by atoms with E-state index in [0.717, 1.165) is 0 Å². The molecular formula is C7H11N5O2. The van der Waals surface area contributed by atoms with Crippen molar-refractivity contribution in [1.29, 1.82) is 0 Å². The van der Waals surface area contributed by atoms with E-state index < -0.39 is 0 Å². The molecule has 7 nitrogen and oxygen atoms in total. The molecule has 14 heavy (non-hydrogen) atoms. The predicted molar refractivity (Wildman–Crippen MR) is 45.5 cm³/mol. The summed E-state index contributed by atoms with van der Waals surface area (Å²) in [7, 11) is 0. The summed E-state index contributed by atoms with van der Waals surface area (Å²) in [5, 5.41) is 12.9. The monoisotopic (exact) mass is 197 g/mol. The van der Waals surface area contributed by atoms with E-state index in [1.807, 2.05) is 6.92 Å². The summed E-state index contributed by atoms with van der Waals surface area (Å²) < 4.78 is 5.32. The van der Waals surface area contributed by atoms with Crippen molar-refractivity contribution in [3.8, 4) is 0 Å². The molecule has 1 saturated heterocycles. The first kappa shape index (κ1) is 9.07. The van der Waals surface area contributed by atoms with Crippen molar-refractivity contribution in [2.45, 2.75) is 13.0 Å². The number of hydrogen-bond acceptors (Lipinski definition) is 5. The Morgan fingerprint density at radius 2 is 2.57 bits per heavy atom. The highest BCUT2D eigenvalue weighted by Gasteiger charge is 2.24. The lowest BCUT2D eigenvalue weighted by Gasteiger charge is -2.30. The number of morpholine rings is 1. The number of nitrogens with zero attached hydrogens (tertiary/aromatic N) is 4. The molecule has 1 unspecified atom stereocenters. The van der Waals surface area contributed by atoms with Gasteiger partial charge in [0, 0.05) is 13.1 Å². The van der Waals surface area contributed by atoms with Crippen molar-refractivity contribution in [1.82, 2.24) is 25.5 Å². The smallest absolute Gasteiger partial charge is 0.295 e. The molecule has 1 amide bonds. The van der Waals surface area contributed by atoms with Gasteiger partial charge in [-0.2, -0.15) is 5.21 Å². The fourth-order valence-corrected chi connectivity index (χ4v) is 1.40. The van der Waals surface area contributed by atoms with Crippen LogP contribution in [0, 0.1) is 0 Å². The van der Waals surface area contributed by atoms with Gasteiger partial charge in [0.2, 0.25) is 0 Å². The Balaban J connectivity index is 2.04. The zero-order valence-electron chi connectivity index (χ0n) is 7.80. The third-order valence-electron chi connectivity index (χ3n) is 2.06. The predicted octanol–water partition coefficient (Wildman–Crippen LogP) is -0.939. The Hall–Kier alpha value is -1.50. The SMILES string of the molecule is CC1CN(C(=O)c2nn[nH]n2)CCO1. The normalized spacial score (nSPS) is 22.4. The largest absolute Gasteiger partial charge is 0.375 e. The van der Waals surface area contributed by atoms with E-state index in [1.165, 1.54) is 0 Å². The number of aromatic nitrogens is 4. The number of nitrogens with one attached hydrogen (secondary N) is 1. The lowest BCUT2D eigenvalue weighted by Crippen LogP contribution is -2.44. The molecule has 0 spiro atoms. The average Bonchev–Trinajstić information content (AvgIpc) is 2.69. The molecule has 0 aromatic carbocycles. The maximum Gasteiger partial charge on any atom is 0.295 e. The zero-order valence-corrected chi connectivity index (χ0v) is 7.80. The van der Waals surface area contributed by atoms with Gasteiger partial charge in [0.25, 0.3) is 11.7 Å². The molecule has 0 bridgehead atoms. The molecule has 1 aliphatic rings. The minimum Gasteiger partial charge on any atom is -0.375 e. The van der Waals surface area contributed by atoms with E-state index in [9.17, 15) is 4.79 Å². The van der Waals surface area contributed by atoms with E-state index in [0.29, 0.717) is 19.7 Å². The minimum absolute atomic E-state index is 0.0691. The van der Waals surface area contributed by atoms with Crippen LogP contribution in [-0.2, 0) is 4.74 Å². The van der Waals surface area contributed by atoms with Crippen molar-refractivity contribution in [3.05, 3.63) is 5.82 Å². The topological polar surface area (TPSA) is 84.0 Å². The van der Waals surface area contributed by atoms with Crippen LogP contribution >= 0.6 is 0 Å². The van der Waals surface area contributed by atoms with E-state index in [-0.39, 0.29) is 17.8 Å². The third-order valence-corrected chi connectivity index (χ3v) is 2.06. The van der Waals surface area contributed by atoms with E-state index in [1.54, 1.807) is 4.90 Å². The Morgan fingerprint density at radius 1 is 1.71 bits per heavy atom. The first-order valence-corrected chi connectivity index (χ1v) is 4.41. The van der Waals surface area contributed by atoms with Crippen LogP contribution in [0.1, 0.15) is 17.5 Å². The van der Waals surface area contributed by atoms with Crippen LogP contribution in [0.4, 0.5) is 0 Å². The number of H-pyrrole nitrogens is 1. The molecule has 0 aliphatic carbocycles. The zero-order chi connectivity index (χ0) is 9.97. The Bertz CT molecular complexity index is 312. The van der Waals surface area contributed by atoms with E-state index in [2.05, 4.69) is 20.6 Å². The van der Waals surface area contributed by atoms with Crippen molar-refractivity contribution in [3.63, 3.8) is 0 Å². The molecule has 7 heteroatoms. The lowest BCUT2D eigenvalue weighted by molar-refractivity contribution is -0.0128. The van der Waals surface area contributed by atoms with Gasteiger partial charge in [0.15, 0.2) is 0 Å². The highest BCUT2D eigenvalue weighted by Crippen LogP contribution is 2.06. The van der Waals surface area contributed by atoms with Gasteiger partial charge in [-0.05, 0) is 12.1 Å². The summed E-state index contributed by atoms with van der Waals surface area (Å²) in [6.45, 7) is 3.64. The van der Waals surface area contributed by atoms with E-state index in [4.69, 9.17) is 4.74 Å². The second-order valence-electron chi connectivity index (χ2n) is 3.17. The van der Waals surface area contributed by atoms with Crippen LogP contribution in [0.3, 0.4) is 0 Å². The van der Waals surface area contributed by atoms with Gasteiger partial charge in [0.1, 0.15) is 0 Å². The Labute approximate surface area is 80.4 Å². The molecule has 2 heterocycles. The first-order valence-electron chi connectivity index (χ1n) is 4.41. The van der Waals surface area contributed by atoms with Crippen molar-refractivity contribution < 1.29 is 9.53 Å². The van der Waals surface area contributed by atoms with Crippen LogP contribution in [0.25, 0.3) is 0 Å². The Kier molecular flexibility index (Phi) is 2.40. The van der Waals surface area contributed by atoms with Gasteiger partial charge < -0.3 is 9.64 Å². The molecule has 2 rings (SSSR count). The molecule has 0 radical (unpaired) electrons. The molecule has 1 fully saturated rings. The number of carbonyl (C=O) groups is 1. The van der Waals surface area contributed by atoms with Gasteiger partial charge in [-0.25, -0.2) is 0 Å². The van der Waals surface area contributed by atoms with Crippen LogP contribution in [0.2, 0.25) is 0 Å². The molecule has 1 aromatic heterocycles. The average molecular weight is 197 g/mol. The molecule has 0 saturated carbocycles. The minimum atomic E-state index is -0.200. The quantitative estimate of drug-likeness (QED) is 0.628. The number of carbonyl (C=O) groups excluding carboxylic acids is 1. The van der Waals surface area contributed by atoms with Crippen molar-refractivity contribution in [2.24, 2.45) is 0 Å². The number of tetrazole rings is 1. The van der Waals surface area contributed by atoms with Gasteiger partial charge in [-0.1, -0.05) is 0 Å². The summed E-state index contributed by atoms with van der Waals surface area (Å²) in [5.41, 5.74) is 0. The van der Waals surface area contributed by atoms with Crippen LogP contribution in [0.5, 0.6) is 0 Å². The first-order chi connectivity index (χ1) is 6.77. The number of amides is 1.